The van der Waals surface area contributed by atoms with E-state index in [1.54, 1.807) is 4.68 Å². The molecule has 0 amide bonds. The first-order valence-electron chi connectivity index (χ1n) is 3.46. The molecule has 0 unspecified atom stereocenters. The third kappa shape index (κ3) is 2.65. The lowest BCUT2D eigenvalue weighted by molar-refractivity contribution is 0.125. The van der Waals surface area contributed by atoms with Crippen LogP contribution < -0.4 is 5.73 Å². The predicted octanol–water partition coefficient (Wildman–Crippen LogP) is -0.710. The van der Waals surface area contributed by atoms with E-state index in [1.165, 1.54) is 0 Å². The van der Waals surface area contributed by atoms with Crippen LogP contribution in [0.25, 0.3) is 0 Å². The molecule has 0 aromatic carbocycles. The third-order valence-electron chi connectivity index (χ3n) is 1.16. The Labute approximate surface area is 65.1 Å². The van der Waals surface area contributed by atoms with Crippen molar-refractivity contribution in [3.63, 3.8) is 0 Å². The molecule has 1 aromatic rings. The topological polar surface area (TPSA) is 66.0 Å². The Morgan fingerprint density at radius 1 is 1.73 bits per heavy atom. The highest BCUT2D eigenvalue weighted by Gasteiger charge is 1.96. The highest BCUT2D eigenvalue weighted by Crippen LogP contribution is 1.92. The highest BCUT2D eigenvalue weighted by atomic mass is 16.5. The zero-order valence-electron chi connectivity index (χ0n) is 6.53. The summed E-state index contributed by atoms with van der Waals surface area (Å²) in [6.45, 7) is 1.60. The van der Waals surface area contributed by atoms with Crippen LogP contribution in [0.1, 0.15) is 5.69 Å². The lowest BCUT2D eigenvalue weighted by Crippen LogP contribution is -2.08. The number of hydrogen-bond acceptors (Lipinski definition) is 4. The molecule has 0 aliphatic carbocycles. The number of ether oxygens (including phenoxy) is 1. The molecule has 0 atom stereocenters. The van der Waals surface area contributed by atoms with Crippen molar-refractivity contribution in [3.8, 4) is 0 Å². The first-order chi connectivity index (χ1) is 5.33. The van der Waals surface area contributed by atoms with Crippen molar-refractivity contribution < 1.29 is 4.74 Å². The molecule has 11 heavy (non-hydrogen) atoms. The molecule has 0 spiro atoms. The van der Waals surface area contributed by atoms with Crippen molar-refractivity contribution in [2.24, 2.45) is 12.8 Å². The summed E-state index contributed by atoms with van der Waals surface area (Å²) in [7, 11) is 1.82. The fraction of sp³-hybridized carbons (Fsp3) is 0.667. The molecule has 1 heterocycles. The Morgan fingerprint density at radius 3 is 3.09 bits per heavy atom. The van der Waals surface area contributed by atoms with Crippen LogP contribution in [0.15, 0.2) is 6.20 Å². The van der Waals surface area contributed by atoms with Crippen molar-refractivity contribution in [2.45, 2.75) is 6.61 Å². The van der Waals surface area contributed by atoms with Gasteiger partial charge in [-0.1, -0.05) is 5.21 Å². The summed E-state index contributed by atoms with van der Waals surface area (Å²) in [5.41, 5.74) is 6.07. The molecule has 1 aromatic heterocycles. The van der Waals surface area contributed by atoms with Crippen molar-refractivity contribution in [1.82, 2.24) is 15.0 Å². The van der Waals surface area contributed by atoms with Gasteiger partial charge in [0.15, 0.2) is 0 Å². The summed E-state index contributed by atoms with van der Waals surface area (Å²) in [5, 5.41) is 7.59. The monoisotopic (exact) mass is 156 g/mol. The molecule has 0 saturated heterocycles. The van der Waals surface area contributed by atoms with Crippen molar-refractivity contribution in [1.29, 1.82) is 0 Å². The predicted molar refractivity (Wildman–Crippen MR) is 39.7 cm³/mol. The molecule has 62 valence electrons. The van der Waals surface area contributed by atoms with E-state index >= 15 is 0 Å². The smallest absolute Gasteiger partial charge is 0.108 e. The van der Waals surface area contributed by atoms with Gasteiger partial charge >= 0.3 is 0 Å². The molecule has 0 bridgehead atoms. The Kier molecular flexibility index (Phi) is 3.00. The van der Waals surface area contributed by atoms with Gasteiger partial charge in [0, 0.05) is 13.6 Å². The first kappa shape index (κ1) is 8.16. The van der Waals surface area contributed by atoms with E-state index < -0.39 is 0 Å². The summed E-state index contributed by atoms with van der Waals surface area (Å²) < 4.78 is 6.78. The van der Waals surface area contributed by atoms with E-state index in [1.807, 2.05) is 13.2 Å². The largest absolute Gasteiger partial charge is 0.374 e. The standard InChI is InChI=1S/C6H12N4O/c1-10-4-6(8-9-10)5-11-3-2-7/h4H,2-3,5,7H2,1H3. The summed E-state index contributed by atoms with van der Waals surface area (Å²) in [4.78, 5) is 0. The van der Waals surface area contributed by atoms with Gasteiger partial charge in [-0.3, -0.25) is 4.68 Å². The van der Waals surface area contributed by atoms with Gasteiger partial charge in [-0.05, 0) is 0 Å². The molecular weight excluding hydrogens is 144 g/mol. The van der Waals surface area contributed by atoms with E-state index in [2.05, 4.69) is 10.3 Å². The van der Waals surface area contributed by atoms with Crippen LogP contribution in [0.3, 0.4) is 0 Å². The lowest BCUT2D eigenvalue weighted by atomic mass is 10.5. The molecule has 5 nitrogen and oxygen atoms in total. The molecule has 2 N–H and O–H groups in total. The van der Waals surface area contributed by atoms with E-state index in [-0.39, 0.29) is 0 Å². The van der Waals surface area contributed by atoms with Crippen molar-refractivity contribution in [3.05, 3.63) is 11.9 Å². The van der Waals surface area contributed by atoms with Crippen LogP contribution in [0.5, 0.6) is 0 Å². The van der Waals surface area contributed by atoms with E-state index in [0.29, 0.717) is 19.8 Å². The van der Waals surface area contributed by atoms with Crippen LogP contribution in [-0.4, -0.2) is 28.1 Å². The molecule has 5 heteroatoms. The minimum Gasteiger partial charge on any atom is -0.374 e. The Hall–Kier alpha value is -0.940. The summed E-state index contributed by atoms with van der Waals surface area (Å²) >= 11 is 0. The molecule has 0 aliphatic rings. The zero-order valence-corrected chi connectivity index (χ0v) is 6.53. The number of nitrogens with zero attached hydrogens (tertiary/aromatic N) is 3. The second-order valence-electron chi connectivity index (χ2n) is 2.22. The van der Waals surface area contributed by atoms with Crippen molar-refractivity contribution in [2.75, 3.05) is 13.2 Å². The maximum absolute atomic E-state index is 5.23. The first-order valence-corrected chi connectivity index (χ1v) is 3.46. The van der Waals surface area contributed by atoms with Crippen LogP contribution in [0.4, 0.5) is 0 Å². The molecule has 0 aliphatic heterocycles. The summed E-state index contributed by atoms with van der Waals surface area (Å²) in [6.07, 6.45) is 1.82. The van der Waals surface area contributed by atoms with Crippen LogP contribution in [-0.2, 0) is 18.4 Å². The Balaban J connectivity index is 2.27. The van der Waals surface area contributed by atoms with Gasteiger partial charge in [-0.25, -0.2) is 0 Å². The van der Waals surface area contributed by atoms with Crippen molar-refractivity contribution >= 4 is 0 Å². The number of nitrogens with two attached hydrogens (primary N) is 1. The quantitative estimate of drug-likeness (QED) is 0.585. The SMILES string of the molecule is Cn1cc(COCCN)nn1. The number of hydrogen-bond donors (Lipinski definition) is 1. The van der Waals surface area contributed by atoms with E-state index in [9.17, 15) is 0 Å². The fourth-order valence-electron chi connectivity index (χ4n) is 0.721. The normalized spacial score (nSPS) is 10.4. The summed E-state index contributed by atoms with van der Waals surface area (Å²) in [6, 6.07) is 0. The van der Waals surface area contributed by atoms with E-state index in [0.717, 1.165) is 5.69 Å². The van der Waals surface area contributed by atoms with Gasteiger partial charge in [0.1, 0.15) is 5.69 Å². The van der Waals surface area contributed by atoms with Gasteiger partial charge in [-0.2, -0.15) is 0 Å². The Bertz CT molecular complexity index is 210. The van der Waals surface area contributed by atoms with Crippen LogP contribution >= 0.6 is 0 Å². The second kappa shape index (κ2) is 4.05. The fourth-order valence-corrected chi connectivity index (χ4v) is 0.721. The molecule has 0 saturated carbocycles. The number of rotatable bonds is 4. The molecular formula is C6H12N4O. The molecule has 1 rings (SSSR count). The number of aryl methyl sites for hydroxylation is 1. The third-order valence-corrected chi connectivity index (χ3v) is 1.16. The average molecular weight is 156 g/mol. The van der Waals surface area contributed by atoms with Crippen LogP contribution in [0.2, 0.25) is 0 Å². The lowest BCUT2D eigenvalue weighted by Gasteiger charge is -1.96. The average Bonchev–Trinajstić information content (AvgIpc) is 2.37. The van der Waals surface area contributed by atoms with Crippen LogP contribution in [0, 0.1) is 0 Å². The molecule has 0 fully saturated rings. The maximum Gasteiger partial charge on any atom is 0.108 e. The number of aromatic nitrogens is 3. The van der Waals surface area contributed by atoms with Gasteiger partial charge in [-0.15, -0.1) is 5.10 Å². The van der Waals surface area contributed by atoms with E-state index in [4.69, 9.17) is 10.5 Å². The van der Waals surface area contributed by atoms with Gasteiger partial charge in [0.05, 0.1) is 19.4 Å². The molecule has 0 radical (unpaired) electrons. The van der Waals surface area contributed by atoms with Gasteiger partial charge < -0.3 is 10.5 Å². The highest BCUT2D eigenvalue weighted by molar-refractivity contribution is 4.88. The minimum absolute atomic E-state index is 0.491. The Morgan fingerprint density at radius 2 is 2.55 bits per heavy atom. The van der Waals surface area contributed by atoms with Gasteiger partial charge in [0.25, 0.3) is 0 Å². The van der Waals surface area contributed by atoms with Gasteiger partial charge in [0.2, 0.25) is 0 Å². The maximum atomic E-state index is 5.23. The second-order valence-corrected chi connectivity index (χ2v) is 2.22. The summed E-state index contributed by atoms with van der Waals surface area (Å²) in [5.74, 6) is 0. The minimum atomic E-state index is 0.491. The zero-order chi connectivity index (χ0) is 8.10.